The summed E-state index contributed by atoms with van der Waals surface area (Å²) >= 11 is 0. The summed E-state index contributed by atoms with van der Waals surface area (Å²) in [5, 5.41) is 3.33. The van der Waals surface area contributed by atoms with E-state index in [-0.39, 0.29) is 0 Å². The summed E-state index contributed by atoms with van der Waals surface area (Å²) in [4.78, 5) is 10.9. The van der Waals surface area contributed by atoms with Crippen molar-refractivity contribution in [1.82, 2.24) is 15.3 Å². The first-order chi connectivity index (χ1) is 10.2. The Bertz CT molecular complexity index is 574. The summed E-state index contributed by atoms with van der Waals surface area (Å²) < 4.78 is 5.26. The number of aromatic nitrogens is 2. The highest BCUT2D eigenvalue weighted by Crippen LogP contribution is 2.24. The van der Waals surface area contributed by atoms with Crippen LogP contribution in [0, 0.1) is 0 Å². The van der Waals surface area contributed by atoms with Gasteiger partial charge in [0.1, 0.15) is 5.75 Å². The molecule has 1 heterocycles. The molecule has 1 aromatic carbocycles. The van der Waals surface area contributed by atoms with E-state index < -0.39 is 0 Å². The fourth-order valence-corrected chi connectivity index (χ4v) is 1.99. The zero-order valence-electron chi connectivity index (χ0n) is 12.8. The lowest BCUT2D eigenvalue weighted by Gasteiger charge is -2.19. The van der Waals surface area contributed by atoms with Crippen molar-refractivity contribution in [3.05, 3.63) is 42.4 Å². The Kier molecular flexibility index (Phi) is 5.51. The molecule has 5 nitrogen and oxygen atoms in total. The van der Waals surface area contributed by atoms with Crippen LogP contribution in [-0.2, 0) is 6.54 Å². The van der Waals surface area contributed by atoms with Gasteiger partial charge in [0.2, 0.25) is 0 Å². The molecule has 0 spiro atoms. The third kappa shape index (κ3) is 4.16. The number of rotatable bonds is 7. The molecule has 0 atom stereocenters. The maximum atomic E-state index is 5.26. The van der Waals surface area contributed by atoms with Crippen LogP contribution in [0.15, 0.2) is 36.7 Å². The predicted molar refractivity (Wildman–Crippen MR) is 85.1 cm³/mol. The third-order valence-corrected chi connectivity index (χ3v) is 3.19. The first-order valence-electron chi connectivity index (χ1n) is 7.14. The standard InChI is InChI=1S/C16H22N4O/c1-4-8-17-10-13-11-18-12-16(19-13)20(2)14-6-5-7-15(9-14)21-3/h5-7,9,11-12,17H,4,8,10H2,1-3H3. The summed E-state index contributed by atoms with van der Waals surface area (Å²) in [7, 11) is 3.64. The van der Waals surface area contributed by atoms with Crippen LogP contribution in [0.5, 0.6) is 5.75 Å². The van der Waals surface area contributed by atoms with E-state index in [0.717, 1.165) is 42.5 Å². The molecule has 0 aliphatic carbocycles. The molecular formula is C16H22N4O. The minimum Gasteiger partial charge on any atom is -0.497 e. The smallest absolute Gasteiger partial charge is 0.151 e. The van der Waals surface area contributed by atoms with Gasteiger partial charge in [0.05, 0.1) is 19.0 Å². The van der Waals surface area contributed by atoms with Crippen molar-refractivity contribution in [2.45, 2.75) is 19.9 Å². The Morgan fingerprint density at radius 3 is 2.90 bits per heavy atom. The van der Waals surface area contributed by atoms with Gasteiger partial charge in [-0.2, -0.15) is 0 Å². The highest BCUT2D eigenvalue weighted by molar-refractivity contribution is 5.60. The van der Waals surface area contributed by atoms with Crippen molar-refractivity contribution in [1.29, 1.82) is 0 Å². The van der Waals surface area contributed by atoms with Crippen LogP contribution in [0.25, 0.3) is 0 Å². The number of anilines is 2. The fraction of sp³-hybridized carbons (Fsp3) is 0.375. The number of nitrogens with one attached hydrogen (secondary N) is 1. The van der Waals surface area contributed by atoms with E-state index in [1.165, 1.54) is 0 Å². The monoisotopic (exact) mass is 286 g/mol. The zero-order chi connectivity index (χ0) is 15.1. The Labute approximate surface area is 126 Å². The largest absolute Gasteiger partial charge is 0.497 e. The molecule has 0 radical (unpaired) electrons. The van der Waals surface area contributed by atoms with Crippen LogP contribution in [0.1, 0.15) is 19.0 Å². The minimum absolute atomic E-state index is 0.737. The second-order valence-corrected chi connectivity index (χ2v) is 4.81. The first-order valence-corrected chi connectivity index (χ1v) is 7.14. The Morgan fingerprint density at radius 2 is 2.14 bits per heavy atom. The highest BCUT2D eigenvalue weighted by atomic mass is 16.5. The van der Waals surface area contributed by atoms with E-state index in [0.29, 0.717) is 0 Å². The first kappa shape index (κ1) is 15.3. The molecule has 0 aliphatic heterocycles. The van der Waals surface area contributed by atoms with Crippen molar-refractivity contribution in [2.24, 2.45) is 0 Å². The van der Waals surface area contributed by atoms with Crippen molar-refractivity contribution < 1.29 is 4.74 Å². The van der Waals surface area contributed by atoms with E-state index in [1.54, 1.807) is 19.5 Å². The topological polar surface area (TPSA) is 50.3 Å². The minimum atomic E-state index is 0.737. The second kappa shape index (κ2) is 7.59. The average Bonchev–Trinajstić information content (AvgIpc) is 2.55. The molecular weight excluding hydrogens is 264 g/mol. The predicted octanol–water partition coefficient (Wildman–Crippen LogP) is 2.75. The van der Waals surface area contributed by atoms with Crippen LogP contribution in [0.3, 0.4) is 0 Å². The van der Waals surface area contributed by atoms with Gasteiger partial charge in [-0.3, -0.25) is 4.98 Å². The van der Waals surface area contributed by atoms with Gasteiger partial charge in [0, 0.05) is 31.5 Å². The second-order valence-electron chi connectivity index (χ2n) is 4.81. The average molecular weight is 286 g/mol. The molecule has 0 bridgehead atoms. The molecule has 0 amide bonds. The van der Waals surface area contributed by atoms with Crippen molar-refractivity contribution in [3.63, 3.8) is 0 Å². The lowest BCUT2D eigenvalue weighted by atomic mass is 10.3. The number of benzene rings is 1. The summed E-state index contributed by atoms with van der Waals surface area (Å²) in [6.07, 6.45) is 4.67. The van der Waals surface area contributed by atoms with Gasteiger partial charge in [0.15, 0.2) is 5.82 Å². The molecule has 1 aromatic heterocycles. The van der Waals surface area contributed by atoms with Gasteiger partial charge in [-0.05, 0) is 25.1 Å². The van der Waals surface area contributed by atoms with Gasteiger partial charge in [0.25, 0.3) is 0 Å². The van der Waals surface area contributed by atoms with Gasteiger partial charge < -0.3 is 15.0 Å². The van der Waals surface area contributed by atoms with Gasteiger partial charge in [-0.1, -0.05) is 13.0 Å². The van der Waals surface area contributed by atoms with Crippen LogP contribution >= 0.6 is 0 Å². The summed E-state index contributed by atoms with van der Waals surface area (Å²) in [5.41, 5.74) is 1.96. The summed E-state index contributed by atoms with van der Waals surface area (Å²) in [6.45, 7) is 3.87. The molecule has 0 unspecified atom stereocenters. The van der Waals surface area contributed by atoms with Gasteiger partial charge >= 0.3 is 0 Å². The van der Waals surface area contributed by atoms with Crippen LogP contribution in [0.2, 0.25) is 0 Å². The Hall–Kier alpha value is -2.14. The Balaban J connectivity index is 2.14. The number of methoxy groups -OCH3 is 1. The molecule has 1 N–H and O–H groups in total. The van der Waals surface area contributed by atoms with E-state index in [1.807, 2.05) is 36.2 Å². The molecule has 0 saturated carbocycles. The molecule has 2 aromatic rings. The molecule has 5 heteroatoms. The van der Waals surface area contributed by atoms with Crippen LogP contribution < -0.4 is 15.0 Å². The Morgan fingerprint density at radius 1 is 1.29 bits per heavy atom. The van der Waals surface area contributed by atoms with E-state index in [2.05, 4.69) is 22.2 Å². The van der Waals surface area contributed by atoms with E-state index in [4.69, 9.17) is 4.74 Å². The molecule has 0 saturated heterocycles. The van der Waals surface area contributed by atoms with Gasteiger partial charge in [-0.15, -0.1) is 0 Å². The quantitative estimate of drug-likeness (QED) is 0.793. The van der Waals surface area contributed by atoms with Crippen LogP contribution in [0.4, 0.5) is 11.5 Å². The number of ether oxygens (including phenoxy) is 1. The molecule has 0 fully saturated rings. The number of hydrogen-bond donors (Lipinski definition) is 1. The molecule has 112 valence electrons. The van der Waals surface area contributed by atoms with E-state index >= 15 is 0 Å². The maximum absolute atomic E-state index is 5.26. The van der Waals surface area contributed by atoms with Gasteiger partial charge in [-0.25, -0.2) is 4.98 Å². The lowest BCUT2D eigenvalue weighted by Crippen LogP contribution is -2.17. The molecule has 21 heavy (non-hydrogen) atoms. The lowest BCUT2D eigenvalue weighted by molar-refractivity contribution is 0.415. The highest BCUT2D eigenvalue weighted by Gasteiger charge is 2.07. The zero-order valence-corrected chi connectivity index (χ0v) is 12.8. The third-order valence-electron chi connectivity index (χ3n) is 3.19. The number of nitrogens with zero attached hydrogens (tertiary/aromatic N) is 3. The fourth-order valence-electron chi connectivity index (χ4n) is 1.99. The summed E-state index contributed by atoms with van der Waals surface area (Å²) in [6, 6.07) is 7.88. The van der Waals surface area contributed by atoms with Crippen molar-refractivity contribution in [3.8, 4) is 5.75 Å². The maximum Gasteiger partial charge on any atom is 0.151 e. The number of hydrogen-bond acceptors (Lipinski definition) is 5. The van der Waals surface area contributed by atoms with E-state index in [9.17, 15) is 0 Å². The molecule has 2 rings (SSSR count). The SMILES string of the molecule is CCCNCc1cncc(N(C)c2cccc(OC)c2)n1. The molecule has 0 aliphatic rings. The van der Waals surface area contributed by atoms with Crippen molar-refractivity contribution in [2.75, 3.05) is 25.6 Å². The van der Waals surface area contributed by atoms with Crippen LogP contribution in [-0.4, -0.2) is 30.7 Å². The summed E-state index contributed by atoms with van der Waals surface area (Å²) in [5.74, 6) is 1.65. The normalized spacial score (nSPS) is 10.4. The van der Waals surface area contributed by atoms with Crippen molar-refractivity contribution >= 4 is 11.5 Å².